The fourth-order valence-electron chi connectivity index (χ4n) is 3.06. The first kappa shape index (κ1) is 17.2. The van der Waals surface area contributed by atoms with Crippen LogP contribution in [0.15, 0.2) is 30.5 Å². The van der Waals surface area contributed by atoms with Crippen LogP contribution in [0.3, 0.4) is 0 Å². The molecule has 7 nitrogen and oxygen atoms in total. The molecule has 1 heterocycles. The van der Waals surface area contributed by atoms with Crippen molar-refractivity contribution in [1.82, 2.24) is 9.97 Å². The minimum atomic E-state index is -0.613. The standard InChI is InChI=1S/C18H24N6O/c1-11-3-2-4-14(9-11)23-18-16(17(20)25)21-10-15(24-18)22-13-7-5-12(19)6-8-13/h2-4,9-10,12-13H,5-8,19H2,1H3,(H2,20,25)(H2,22,23,24)/t12-,13-. The summed E-state index contributed by atoms with van der Waals surface area (Å²) in [6, 6.07) is 8.41. The van der Waals surface area contributed by atoms with Gasteiger partial charge in [-0.1, -0.05) is 12.1 Å². The molecular formula is C18H24N6O. The number of nitrogens with one attached hydrogen (secondary N) is 2. The van der Waals surface area contributed by atoms with Crippen LogP contribution in [0.4, 0.5) is 17.3 Å². The van der Waals surface area contributed by atoms with E-state index in [1.165, 1.54) is 0 Å². The number of aryl methyl sites for hydroxylation is 1. The Morgan fingerprint density at radius 2 is 2.00 bits per heavy atom. The van der Waals surface area contributed by atoms with Crippen molar-refractivity contribution in [2.75, 3.05) is 10.6 Å². The molecule has 1 aliphatic carbocycles. The van der Waals surface area contributed by atoms with Crippen molar-refractivity contribution in [3.63, 3.8) is 0 Å². The van der Waals surface area contributed by atoms with Gasteiger partial charge in [-0.25, -0.2) is 9.97 Å². The third-order valence-corrected chi connectivity index (χ3v) is 4.41. The molecule has 1 saturated carbocycles. The van der Waals surface area contributed by atoms with Crippen LogP contribution in [0.1, 0.15) is 41.7 Å². The lowest BCUT2D eigenvalue weighted by atomic mass is 9.92. The highest BCUT2D eigenvalue weighted by Gasteiger charge is 2.20. The van der Waals surface area contributed by atoms with Gasteiger partial charge in [0.1, 0.15) is 5.82 Å². The van der Waals surface area contributed by atoms with Crippen LogP contribution in [0.5, 0.6) is 0 Å². The van der Waals surface area contributed by atoms with Crippen LogP contribution in [0.2, 0.25) is 0 Å². The second-order valence-corrected chi connectivity index (χ2v) is 6.57. The summed E-state index contributed by atoms with van der Waals surface area (Å²) in [5.41, 5.74) is 13.4. The molecule has 2 aromatic rings. The molecular weight excluding hydrogens is 316 g/mol. The number of benzene rings is 1. The van der Waals surface area contributed by atoms with E-state index in [2.05, 4.69) is 20.6 Å². The third-order valence-electron chi connectivity index (χ3n) is 4.41. The number of hydrogen-bond acceptors (Lipinski definition) is 6. The number of primary amides is 1. The van der Waals surface area contributed by atoms with Crippen LogP contribution in [-0.2, 0) is 0 Å². The molecule has 0 unspecified atom stereocenters. The fraction of sp³-hybridized carbons (Fsp3) is 0.389. The Labute approximate surface area is 147 Å². The summed E-state index contributed by atoms with van der Waals surface area (Å²) in [5.74, 6) is 0.370. The minimum Gasteiger partial charge on any atom is -0.366 e. The maximum atomic E-state index is 11.7. The Morgan fingerprint density at radius 1 is 1.24 bits per heavy atom. The van der Waals surface area contributed by atoms with Crippen molar-refractivity contribution in [3.05, 3.63) is 41.7 Å². The molecule has 1 aliphatic rings. The predicted octanol–water partition coefficient (Wildman–Crippen LogP) is 2.31. The van der Waals surface area contributed by atoms with Gasteiger partial charge in [-0.3, -0.25) is 4.79 Å². The van der Waals surface area contributed by atoms with Gasteiger partial charge in [0, 0.05) is 17.8 Å². The molecule has 0 aliphatic heterocycles. The van der Waals surface area contributed by atoms with Crippen molar-refractivity contribution in [3.8, 4) is 0 Å². The van der Waals surface area contributed by atoms with Crippen molar-refractivity contribution >= 4 is 23.2 Å². The summed E-state index contributed by atoms with van der Waals surface area (Å²) >= 11 is 0. The van der Waals surface area contributed by atoms with Crippen LogP contribution < -0.4 is 22.1 Å². The number of carbonyl (C=O) groups excluding carboxylic acids is 1. The zero-order valence-electron chi connectivity index (χ0n) is 14.3. The largest absolute Gasteiger partial charge is 0.366 e. The Hall–Kier alpha value is -2.67. The maximum absolute atomic E-state index is 11.7. The normalized spacial score (nSPS) is 20.1. The zero-order valence-corrected chi connectivity index (χ0v) is 14.3. The Kier molecular flexibility index (Phi) is 5.14. The Balaban J connectivity index is 1.80. The summed E-state index contributed by atoms with van der Waals surface area (Å²) in [5, 5.41) is 6.53. The molecule has 1 fully saturated rings. The van der Waals surface area contributed by atoms with E-state index < -0.39 is 5.91 Å². The number of aromatic nitrogens is 2. The number of nitrogens with two attached hydrogens (primary N) is 2. The molecule has 1 aromatic carbocycles. The highest BCUT2D eigenvalue weighted by Crippen LogP contribution is 2.23. The highest BCUT2D eigenvalue weighted by molar-refractivity contribution is 5.96. The van der Waals surface area contributed by atoms with Gasteiger partial charge in [-0.15, -0.1) is 0 Å². The summed E-state index contributed by atoms with van der Waals surface area (Å²) in [4.78, 5) is 20.4. The monoisotopic (exact) mass is 340 g/mol. The first-order valence-electron chi connectivity index (χ1n) is 8.54. The lowest BCUT2D eigenvalue weighted by Gasteiger charge is -2.27. The van der Waals surface area contributed by atoms with Gasteiger partial charge in [0.15, 0.2) is 11.5 Å². The molecule has 132 valence electrons. The lowest BCUT2D eigenvalue weighted by Crippen LogP contribution is -2.33. The molecule has 3 rings (SSSR count). The summed E-state index contributed by atoms with van der Waals surface area (Å²) < 4.78 is 0. The van der Waals surface area contributed by atoms with Crippen LogP contribution in [-0.4, -0.2) is 28.0 Å². The van der Waals surface area contributed by atoms with Gasteiger partial charge in [-0.2, -0.15) is 0 Å². The second-order valence-electron chi connectivity index (χ2n) is 6.57. The first-order valence-corrected chi connectivity index (χ1v) is 8.54. The van der Waals surface area contributed by atoms with Crippen LogP contribution >= 0.6 is 0 Å². The van der Waals surface area contributed by atoms with Crippen molar-refractivity contribution in [2.45, 2.75) is 44.7 Å². The van der Waals surface area contributed by atoms with E-state index in [9.17, 15) is 4.79 Å². The van der Waals surface area contributed by atoms with Gasteiger partial charge in [0.25, 0.3) is 5.91 Å². The van der Waals surface area contributed by atoms with Crippen molar-refractivity contribution < 1.29 is 4.79 Å². The molecule has 1 amide bonds. The number of hydrogen-bond donors (Lipinski definition) is 4. The van der Waals surface area contributed by atoms with E-state index in [0.29, 0.717) is 23.7 Å². The second kappa shape index (κ2) is 7.48. The molecule has 0 spiro atoms. The molecule has 0 saturated heterocycles. The zero-order chi connectivity index (χ0) is 17.8. The van der Waals surface area contributed by atoms with E-state index in [1.807, 2.05) is 31.2 Å². The average molecular weight is 340 g/mol. The lowest BCUT2D eigenvalue weighted by molar-refractivity contribution is 0.0996. The SMILES string of the molecule is Cc1cccc(Nc2nc(N[C@H]3CC[C@H](N)CC3)cnc2C(N)=O)c1. The number of carbonyl (C=O) groups is 1. The predicted molar refractivity (Wildman–Crippen MR) is 98.9 cm³/mol. The number of rotatable bonds is 5. The van der Waals surface area contributed by atoms with Crippen LogP contribution in [0.25, 0.3) is 0 Å². The average Bonchev–Trinajstić information content (AvgIpc) is 2.57. The van der Waals surface area contributed by atoms with Gasteiger partial charge in [0.05, 0.1) is 6.20 Å². The van der Waals surface area contributed by atoms with Crippen molar-refractivity contribution in [2.24, 2.45) is 11.5 Å². The molecule has 6 N–H and O–H groups in total. The number of nitrogens with zero attached hydrogens (tertiary/aromatic N) is 2. The third kappa shape index (κ3) is 4.45. The van der Waals surface area contributed by atoms with E-state index in [-0.39, 0.29) is 5.69 Å². The van der Waals surface area contributed by atoms with E-state index in [1.54, 1.807) is 6.20 Å². The summed E-state index contributed by atoms with van der Waals surface area (Å²) in [6.07, 6.45) is 5.55. The summed E-state index contributed by atoms with van der Waals surface area (Å²) in [7, 11) is 0. The topological polar surface area (TPSA) is 119 Å². The molecule has 0 atom stereocenters. The van der Waals surface area contributed by atoms with Crippen LogP contribution in [0, 0.1) is 6.92 Å². The first-order chi connectivity index (χ1) is 12.0. The van der Waals surface area contributed by atoms with Crippen molar-refractivity contribution in [1.29, 1.82) is 0 Å². The maximum Gasteiger partial charge on any atom is 0.271 e. The van der Waals surface area contributed by atoms with Gasteiger partial charge >= 0.3 is 0 Å². The van der Waals surface area contributed by atoms with Gasteiger partial charge in [-0.05, 0) is 50.3 Å². The quantitative estimate of drug-likeness (QED) is 0.663. The van der Waals surface area contributed by atoms with E-state index in [4.69, 9.17) is 11.5 Å². The molecule has 25 heavy (non-hydrogen) atoms. The Bertz CT molecular complexity index is 755. The van der Waals surface area contributed by atoms with Gasteiger partial charge < -0.3 is 22.1 Å². The molecule has 0 bridgehead atoms. The number of anilines is 3. The molecule has 7 heteroatoms. The highest BCUT2D eigenvalue weighted by atomic mass is 16.1. The fourth-order valence-corrected chi connectivity index (χ4v) is 3.06. The van der Waals surface area contributed by atoms with E-state index in [0.717, 1.165) is 36.9 Å². The van der Waals surface area contributed by atoms with E-state index >= 15 is 0 Å². The molecule has 0 radical (unpaired) electrons. The van der Waals surface area contributed by atoms with Gasteiger partial charge in [0.2, 0.25) is 0 Å². The molecule has 1 aromatic heterocycles. The number of amides is 1. The minimum absolute atomic E-state index is 0.123. The Morgan fingerprint density at radius 3 is 2.68 bits per heavy atom. The smallest absolute Gasteiger partial charge is 0.271 e. The summed E-state index contributed by atoms with van der Waals surface area (Å²) in [6.45, 7) is 2.00.